The Labute approximate surface area is 103 Å². The molecule has 0 radical (unpaired) electrons. The number of nitrogens with one attached hydrogen (secondary N) is 1. The lowest BCUT2D eigenvalue weighted by Gasteiger charge is -2.30. The summed E-state index contributed by atoms with van der Waals surface area (Å²) in [4.78, 5) is 12.2. The summed E-state index contributed by atoms with van der Waals surface area (Å²) < 4.78 is 7.53. The number of aromatic nitrogens is 4. The predicted octanol–water partition coefficient (Wildman–Crippen LogP) is -1.11. The Balaban J connectivity index is 1.96. The fourth-order valence-corrected chi connectivity index (χ4v) is 2.04. The van der Waals surface area contributed by atoms with Crippen LogP contribution < -0.4 is 11.1 Å². The first-order chi connectivity index (χ1) is 8.79. The number of hydrogen-bond acceptors (Lipinski definition) is 7. The largest absolute Gasteiger partial charge is 0.394 e. The van der Waals surface area contributed by atoms with Crippen LogP contribution in [0.3, 0.4) is 0 Å². The van der Waals surface area contributed by atoms with Gasteiger partial charge in [0.1, 0.15) is 18.1 Å². The van der Waals surface area contributed by atoms with E-state index in [1.165, 1.54) is 6.33 Å². The van der Waals surface area contributed by atoms with E-state index in [-0.39, 0.29) is 18.9 Å². The number of nitrogen functional groups attached to an aromatic ring is 1. The van der Waals surface area contributed by atoms with Gasteiger partial charge in [-0.05, 0) is 0 Å². The van der Waals surface area contributed by atoms with Gasteiger partial charge in [0.05, 0.1) is 19.0 Å². The van der Waals surface area contributed by atoms with E-state index in [4.69, 9.17) is 15.6 Å². The van der Waals surface area contributed by atoms with Gasteiger partial charge in [-0.1, -0.05) is 0 Å². The van der Waals surface area contributed by atoms with Crippen molar-refractivity contribution in [3.05, 3.63) is 12.7 Å². The smallest absolute Gasteiger partial charge is 0.167 e. The topological polar surface area (TPSA) is 111 Å². The quantitative estimate of drug-likeness (QED) is 0.619. The van der Waals surface area contributed by atoms with Gasteiger partial charge in [-0.15, -0.1) is 0 Å². The number of anilines is 1. The Bertz CT molecular complexity index is 556. The van der Waals surface area contributed by atoms with Crippen LogP contribution in [-0.4, -0.2) is 50.4 Å². The Hall–Kier alpha value is -1.77. The number of aliphatic hydroxyl groups excluding tert-OH is 1. The van der Waals surface area contributed by atoms with Gasteiger partial charge in [-0.25, -0.2) is 15.0 Å². The minimum atomic E-state index is -0.254. The summed E-state index contributed by atoms with van der Waals surface area (Å²) in [5.74, 6) is 0.348. The van der Waals surface area contributed by atoms with Crippen molar-refractivity contribution in [1.29, 1.82) is 0 Å². The zero-order chi connectivity index (χ0) is 12.5. The molecule has 2 aromatic heterocycles. The van der Waals surface area contributed by atoms with Crippen molar-refractivity contribution >= 4 is 17.0 Å². The van der Waals surface area contributed by atoms with Crippen LogP contribution in [0.1, 0.15) is 6.23 Å². The molecule has 0 amide bonds. The normalized spacial score (nSPS) is 24.5. The van der Waals surface area contributed by atoms with Crippen molar-refractivity contribution in [2.24, 2.45) is 0 Å². The monoisotopic (exact) mass is 250 g/mol. The average Bonchev–Trinajstić information content (AvgIpc) is 2.84. The molecule has 1 fully saturated rings. The highest BCUT2D eigenvalue weighted by Gasteiger charge is 2.24. The Morgan fingerprint density at radius 3 is 3.17 bits per heavy atom. The minimum absolute atomic E-state index is 0.0206. The van der Waals surface area contributed by atoms with Gasteiger partial charge in [-0.2, -0.15) is 0 Å². The number of morpholine rings is 1. The van der Waals surface area contributed by atoms with E-state index in [1.807, 2.05) is 0 Å². The molecule has 3 rings (SSSR count). The van der Waals surface area contributed by atoms with Gasteiger partial charge < -0.3 is 20.9 Å². The van der Waals surface area contributed by atoms with Crippen molar-refractivity contribution in [1.82, 2.24) is 24.8 Å². The first-order valence-corrected chi connectivity index (χ1v) is 5.69. The molecule has 0 saturated carbocycles. The van der Waals surface area contributed by atoms with Crippen LogP contribution in [0.4, 0.5) is 5.82 Å². The van der Waals surface area contributed by atoms with Crippen LogP contribution in [0.15, 0.2) is 12.7 Å². The third kappa shape index (κ3) is 1.80. The number of ether oxygens (including phenoxy) is 1. The summed E-state index contributed by atoms with van der Waals surface area (Å²) in [5.41, 5.74) is 6.92. The Morgan fingerprint density at radius 2 is 2.33 bits per heavy atom. The second-order valence-corrected chi connectivity index (χ2v) is 4.14. The molecule has 1 aliphatic heterocycles. The zero-order valence-electron chi connectivity index (χ0n) is 9.65. The summed E-state index contributed by atoms with van der Waals surface area (Å²) in [6.45, 7) is 1.25. The molecule has 1 unspecified atom stereocenters. The molecule has 0 aliphatic carbocycles. The highest BCUT2D eigenvalue weighted by atomic mass is 16.5. The molecule has 18 heavy (non-hydrogen) atoms. The standard InChI is InChI=1S/C10H14N6O2/c11-9-8-10(14-4-13-9)16(5-15-8)7-2-12-1-6(3-17)18-7/h4-7,12,17H,1-3H2,(H2,11,13,14)/t6-,7?/m0/s1. The van der Waals surface area contributed by atoms with Gasteiger partial charge in [0.2, 0.25) is 0 Å². The van der Waals surface area contributed by atoms with Gasteiger partial charge in [0.25, 0.3) is 0 Å². The number of nitrogens with two attached hydrogens (primary N) is 1. The molecule has 8 nitrogen and oxygen atoms in total. The molecule has 4 N–H and O–H groups in total. The molecule has 0 spiro atoms. The first kappa shape index (κ1) is 11.3. The summed E-state index contributed by atoms with van der Waals surface area (Å²) in [7, 11) is 0. The SMILES string of the molecule is Nc1ncnc2c1ncn2C1CNC[C@@H](CO)O1. The molecule has 1 aliphatic rings. The van der Waals surface area contributed by atoms with Crippen LogP contribution in [0.2, 0.25) is 0 Å². The van der Waals surface area contributed by atoms with Crippen molar-refractivity contribution in [3.8, 4) is 0 Å². The second-order valence-electron chi connectivity index (χ2n) is 4.14. The summed E-state index contributed by atoms with van der Waals surface area (Å²) >= 11 is 0. The highest BCUT2D eigenvalue weighted by Crippen LogP contribution is 2.21. The number of fused-ring (bicyclic) bond motifs is 1. The van der Waals surface area contributed by atoms with Gasteiger partial charge in [-0.3, -0.25) is 4.57 Å². The first-order valence-electron chi connectivity index (χ1n) is 5.69. The molecule has 0 aromatic carbocycles. The van der Waals surface area contributed by atoms with E-state index in [9.17, 15) is 0 Å². The molecule has 3 heterocycles. The maximum Gasteiger partial charge on any atom is 0.167 e. The lowest BCUT2D eigenvalue weighted by atomic mass is 10.3. The van der Waals surface area contributed by atoms with Crippen LogP contribution in [-0.2, 0) is 4.74 Å². The fourth-order valence-electron chi connectivity index (χ4n) is 2.04. The van der Waals surface area contributed by atoms with Crippen molar-refractivity contribution < 1.29 is 9.84 Å². The third-order valence-electron chi connectivity index (χ3n) is 2.94. The minimum Gasteiger partial charge on any atom is -0.394 e. The van der Waals surface area contributed by atoms with E-state index in [0.29, 0.717) is 30.1 Å². The summed E-state index contributed by atoms with van der Waals surface area (Å²) in [5, 5.41) is 12.3. The Kier molecular flexibility index (Phi) is 2.82. The van der Waals surface area contributed by atoms with Crippen molar-refractivity contribution in [2.75, 3.05) is 25.4 Å². The fraction of sp³-hybridized carbons (Fsp3) is 0.500. The van der Waals surface area contributed by atoms with Crippen LogP contribution in [0, 0.1) is 0 Å². The van der Waals surface area contributed by atoms with E-state index in [1.54, 1.807) is 10.9 Å². The Morgan fingerprint density at radius 1 is 1.44 bits per heavy atom. The average molecular weight is 250 g/mol. The van der Waals surface area contributed by atoms with Crippen LogP contribution in [0.25, 0.3) is 11.2 Å². The second kappa shape index (κ2) is 4.48. The van der Waals surface area contributed by atoms with Crippen molar-refractivity contribution in [2.45, 2.75) is 12.3 Å². The molecular weight excluding hydrogens is 236 g/mol. The van der Waals surface area contributed by atoms with Gasteiger partial charge in [0, 0.05) is 13.1 Å². The van der Waals surface area contributed by atoms with E-state index in [0.717, 1.165) is 0 Å². The lowest BCUT2D eigenvalue weighted by Crippen LogP contribution is -2.44. The number of nitrogens with zero attached hydrogens (tertiary/aromatic N) is 4. The lowest BCUT2D eigenvalue weighted by molar-refractivity contribution is -0.0933. The molecule has 0 bridgehead atoms. The van der Waals surface area contributed by atoms with Gasteiger partial charge >= 0.3 is 0 Å². The maximum absolute atomic E-state index is 9.13. The molecular formula is C10H14N6O2. The molecule has 2 atom stereocenters. The molecule has 1 saturated heterocycles. The number of aliphatic hydroxyl groups is 1. The van der Waals surface area contributed by atoms with Crippen LogP contribution >= 0.6 is 0 Å². The van der Waals surface area contributed by atoms with Crippen LogP contribution in [0.5, 0.6) is 0 Å². The summed E-state index contributed by atoms with van der Waals surface area (Å²) in [6.07, 6.45) is 2.55. The molecule has 96 valence electrons. The molecule has 8 heteroatoms. The number of hydrogen-bond donors (Lipinski definition) is 3. The van der Waals surface area contributed by atoms with Crippen molar-refractivity contribution in [3.63, 3.8) is 0 Å². The van der Waals surface area contributed by atoms with Gasteiger partial charge in [0.15, 0.2) is 11.5 Å². The highest BCUT2D eigenvalue weighted by molar-refractivity contribution is 5.81. The summed E-state index contributed by atoms with van der Waals surface area (Å²) in [6, 6.07) is 0. The predicted molar refractivity (Wildman–Crippen MR) is 63.6 cm³/mol. The van der Waals surface area contributed by atoms with E-state index in [2.05, 4.69) is 20.3 Å². The number of imidazole rings is 1. The zero-order valence-corrected chi connectivity index (χ0v) is 9.65. The number of rotatable bonds is 2. The third-order valence-corrected chi connectivity index (χ3v) is 2.94. The van der Waals surface area contributed by atoms with E-state index >= 15 is 0 Å². The van der Waals surface area contributed by atoms with E-state index < -0.39 is 0 Å². The molecule has 2 aromatic rings. The maximum atomic E-state index is 9.13.